The molecule has 0 radical (unpaired) electrons. The molecule has 1 atom stereocenters. The van der Waals surface area contributed by atoms with Crippen LogP contribution in [0.5, 0.6) is 0 Å². The number of fused-ring (bicyclic) bond motifs is 1. The number of nitrogens with two attached hydrogens (primary N) is 1. The fourth-order valence-corrected chi connectivity index (χ4v) is 2.58. The molecule has 1 aromatic heterocycles. The second-order valence-electron chi connectivity index (χ2n) is 4.69. The Balaban J connectivity index is 1.95. The molecule has 0 fully saturated rings. The minimum atomic E-state index is 0.232. The lowest BCUT2D eigenvalue weighted by Gasteiger charge is -2.36. The number of nitrogens with zero attached hydrogens (tertiary/aromatic N) is 3. The van der Waals surface area contributed by atoms with Crippen molar-refractivity contribution in [3.05, 3.63) is 52.8 Å². The van der Waals surface area contributed by atoms with Gasteiger partial charge in [-0.2, -0.15) is 0 Å². The lowest BCUT2D eigenvalue weighted by molar-refractivity contribution is 0.549. The Labute approximate surface area is 117 Å². The van der Waals surface area contributed by atoms with Gasteiger partial charge in [0.2, 0.25) is 5.95 Å². The van der Waals surface area contributed by atoms with Crippen molar-refractivity contribution in [1.29, 1.82) is 0 Å². The molecule has 2 heterocycles. The maximum Gasteiger partial charge on any atom is 0.225 e. The average Bonchev–Trinajstić information content (AvgIpc) is 2.46. The summed E-state index contributed by atoms with van der Waals surface area (Å²) in [6.07, 6.45) is 4.18. The zero-order chi connectivity index (χ0) is 13.2. The maximum atomic E-state index is 5.89. The van der Waals surface area contributed by atoms with Crippen molar-refractivity contribution in [2.45, 2.75) is 19.0 Å². The summed E-state index contributed by atoms with van der Waals surface area (Å²) >= 11 is 5.83. The van der Waals surface area contributed by atoms with Gasteiger partial charge in [-0.25, -0.2) is 9.97 Å². The average molecular weight is 275 g/mol. The molecule has 0 spiro atoms. The van der Waals surface area contributed by atoms with E-state index in [1.54, 1.807) is 12.4 Å². The molecule has 1 aliphatic rings. The summed E-state index contributed by atoms with van der Waals surface area (Å²) in [5.41, 5.74) is 8.57. The summed E-state index contributed by atoms with van der Waals surface area (Å²) in [5, 5.41) is 0.547. The van der Waals surface area contributed by atoms with E-state index in [1.807, 2.05) is 0 Å². The van der Waals surface area contributed by atoms with Gasteiger partial charge in [0.15, 0.2) is 0 Å². The van der Waals surface area contributed by atoms with Crippen LogP contribution in [0.15, 0.2) is 36.7 Å². The summed E-state index contributed by atoms with van der Waals surface area (Å²) in [6.45, 7) is 1.37. The molecule has 1 aliphatic heterocycles. The first kappa shape index (κ1) is 12.4. The molecule has 0 amide bonds. The van der Waals surface area contributed by atoms with Gasteiger partial charge >= 0.3 is 0 Å². The number of anilines is 1. The minimum absolute atomic E-state index is 0.232. The van der Waals surface area contributed by atoms with E-state index in [-0.39, 0.29) is 6.04 Å². The van der Waals surface area contributed by atoms with Gasteiger partial charge < -0.3 is 10.6 Å². The summed E-state index contributed by atoms with van der Waals surface area (Å²) in [6, 6.07) is 8.67. The number of hydrogen-bond donors (Lipinski definition) is 1. The van der Waals surface area contributed by atoms with Crippen molar-refractivity contribution >= 4 is 17.5 Å². The van der Waals surface area contributed by atoms with E-state index in [1.165, 1.54) is 11.1 Å². The highest BCUT2D eigenvalue weighted by atomic mass is 35.5. The second-order valence-corrected chi connectivity index (χ2v) is 5.13. The van der Waals surface area contributed by atoms with Gasteiger partial charge in [0, 0.05) is 19.1 Å². The number of hydrogen-bond acceptors (Lipinski definition) is 4. The van der Waals surface area contributed by atoms with E-state index >= 15 is 0 Å². The van der Waals surface area contributed by atoms with Crippen LogP contribution in [0.4, 0.5) is 5.95 Å². The van der Waals surface area contributed by atoms with Gasteiger partial charge in [-0.1, -0.05) is 35.9 Å². The van der Waals surface area contributed by atoms with Gasteiger partial charge in [0.05, 0.1) is 17.4 Å². The molecule has 2 N–H and O–H groups in total. The molecular formula is C14H15ClN4. The van der Waals surface area contributed by atoms with Gasteiger partial charge in [-0.3, -0.25) is 0 Å². The highest BCUT2D eigenvalue weighted by molar-refractivity contribution is 6.30. The van der Waals surface area contributed by atoms with Crippen LogP contribution in [0.1, 0.15) is 11.1 Å². The predicted molar refractivity (Wildman–Crippen MR) is 76.2 cm³/mol. The molecule has 4 nitrogen and oxygen atoms in total. The van der Waals surface area contributed by atoms with E-state index in [2.05, 4.69) is 39.1 Å². The first-order valence-corrected chi connectivity index (χ1v) is 6.67. The smallest absolute Gasteiger partial charge is 0.225 e. The Bertz CT molecular complexity index is 570. The quantitative estimate of drug-likeness (QED) is 0.910. The normalized spacial score (nSPS) is 18.2. The number of aromatic nitrogens is 2. The van der Waals surface area contributed by atoms with Gasteiger partial charge in [-0.05, 0) is 17.5 Å². The van der Waals surface area contributed by atoms with E-state index in [0.717, 1.165) is 13.0 Å². The van der Waals surface area contributed by atoms with Crippen LogP contribution in [0.25, 0.3) is 0 Å². The minimum Gasteiger partial charge on any atom is -0.332 e. The predicted octanol–water partition coefficient (Wildman–Crippen LogP) is 2.02. The van der Waals surface area contributed by atoms with Gasteiger partial charge in [0.1, 0.15) is 0 Å². The topological polar surface area (TPSA) is 55.0 Å². The van der Waals surface area contributed by atoms with Crippen LogP contribution >= 0.6 is 11.6 Å². The summed E-state index contributed by atoms with van der Waals surface area (Å²) < 4.78 is 0. The Morgan fingerprint density at radius 3 is 2.58 bits per heavy atom. The Hall–Kier alpha value is -1.65. The molecular weight excluding hydrogens is 260 g/mol. The molecule has 19 heavy (non-hydrogen) atoms. The molecule has 5 heteroatoms. The second kappa shape index (κ2) is 5.15. The number of rotatable bonds is 2. The monoisotopic (exact) mass is 274 g/mol. The molecule has 98 valence electrons. The first-order valence-electron chi connectivity index (χ1n) is 6.29. The fourth-order valence-electron chi connectivity index (χ4n) is 2.49. The zero-order valence-electron chi connectivity index (χ0n) is 10.5. The van der Waals surface area contributed by atoms with Crippen LogP contribution in [0.2, 0.25) is 5.02 Å². The van der Waals surface area contributed by atoms with Gasteiger partial charge in [0.25, 0.3) is 0 Å². The molecule has 2 aromatic rings. The van der Waals surface area contributed by atoms with Crippen LogP contribution in [0, 0.1) is 0 Å². The van der Waals surface area contributed by atoms with Crippen molar-refractivity contribution < 1.29 is 0 Å². The molecule has 1 aromatic carbocycles. The number of halogens is 1. The van der Waals surface area contributed by atoms with Crippen molar-refractivity contribution in [3.63, 3.8) is 0 Å². The molecule has 1 unspecified atom stereocenters. The van der Waals surface area contributed by atoms with Crippen molar-refractivity contribution in [2.24, 2.45) is 5.73 Å². The highest BCUT2D eigenvalue weighted by Crippen LogP contribution is 2.26. The third-order valence-electron chi connectivity index (χ3n) is 3.49. The Morgan fingerprint density at radius 1 is 1.21 bits per heavy atom. The van der Waals surface area contributed by atoms with Crippen LogP contribution in [-0.4, -0.2) is 22.6 Å². The zero-order valence-corrected chi connectivity index (χ0v) is 11.2. The van der Waals surface area contributed by atoms with Crippen molar-refractivity contribution in [2.75, 3.05) is 11.4 Å². The maximum absolute atomic E-state index is 5.89. The van der Waals surface area contributed by atoms with Crippen LogP contribution in [0.3, 0.4) is 0 Å². The van der Waals surface area contributed by atoms with Crippen LogP contribution < -0.4 is 10.6 Å². The van der Waals surface area contributed by atoms with Crippen molar-refractivity contribution in [1.82, 2.24) is 9.97 Å². The fraction of sp³-hybridized carbons (Fsp3) is 0.286. The molecule has 0 bridgehead atoms. The van der Waals surface area contributed by atoms with Gasteiger partial charge in [-0.15, -0.1) is 0 Å². The highest BCUT2D eigenvalue weighted by Gasteiger charge is 2.26. The van der Waals surface area contributed by atoms with E-state index < -0.39 is 0 Å². The molecule has 0 aliphatic carbocycles. The third kappa shape index (κ3) is 2.41. The first-order chi connectivity index (χ1) is 9.28. The molecule has 0 saturated heterocycles. The van der Waals surface area contributed by atoms with E-state index in [0.29, 0.717) is 17.5 Å². The van der Waals surface area contributed by atoms with Crippen LogP contribution in [-0.2, 0) is 13.0 Å². The summed E-state index contributed by atoms with van der Waals surface area (Å²) in [7, 11) is 0. The lowest BCUT2D eigenvalue weighted by atomic mass is 9.94. The Kier molecular flexibility index (Phi) is 3.36. The lowest BCUT2D eigenvalue weighted by Crippen LogP contribution is -2.45. The molecule has 3 rings (SSSR count). The van der Waals surface area contributed by atoms with Crippen molar-refractivity contribution in [3.8, 4) is 0 Å². The van der Waals surface area contributed by atoms with E-state index in [9.17, 15) is 0 Å². The Morgan fingerprint density at radius 2 is 1.89 bits per heavy atom. The van der Waals surface area contributed by atoms with E-state index in [4.69, 9.17) is 17.3 Å². The summed E-state index contributed by atoms with van der Waals surface area (Å²) in [5.74, 6) is 0.689. The number of benzene rings is 1. The standard InChI is InChI=1S/C14H15ClN4/c15-12-7-17-14(18-8-12)19-9-11-4-2-1-3-10(11)5-13(19)6-16/h1-4,7-8,13H,5-6,9,16H2. The summed E-state index contributed by atoms with van der Waals surface area (Å²) in [4.78, 5) is 10.8. The third-order valence-corrected chi connectivity index (χ3v) is 3.69. The molecule has 0 saturated carbocycles. The SMILES string of the molecule is NCC1Cc2ccccc2CN1c1ncc(Cl)cn1. The largest absolute Gasteiger partial charge is 0.332 e.